The lowest BCUT2D eigenvalue weighted by Crippen LogP contribution is -2.13. The predicted octanol–water partition coefficient (Wildman–Crippen LogP) is 5.63. The smallest absolute Gasteiger partial charge is 0.310 e. The van der Waals surface area contributed by atoms with Crippen LogP contribution in [0.2, 0.25) is 0 Å². The van der Waals surface area contributed by atoms with Crippen molar-refractivity contribution in [2.75, 3.05) is 0 Å². The van der Waals surface area contributed by atoms with E-state index in [-0.39, 0.29) is 29.2 Å². The molecule has 3 rings (SSSR count). The zero-order valence-corrected chi connectivity index (χ0v) is 15.1. The fraction of sp³-hybridized carbons (Fsp3) is 0.267. The molecule has 1 atom stereocenters. The Morgan fingerprint density at radius 3 is 2.14 bits per heavy atom. The number of fused-ring (bicyclic) bond motifs is 1. The summed E-state index contributed by atoms with van der Waals surface area (Å²) in [7, 11) is -9.83. The number of hydrogen-bond donors (Lipinski definition) is 1. The first-order chi connectivity index (χ1) is 12.6. The van der Waals surface area contributed by atoms with E-state index in [0.29, 0.717) is 0 Å². The minimum absolute atomic E-state index is 0.0792. The Morgan fingerprint density at radius 2 is 1.64 bits per heavy atom. The van der Waals surface area contributed by atoms with Crippen LogP contribution in [0.4, 0.5) is 28.2 Å². The molecule has 28 heavy (non-hydrogen) atoms. The Labute approximate surface area is 152 Å². The molecule has 0 radical (unpaired) electrons. The molecule has 0 fully saturated rings. The van der Waals surface area contributed by atoms with Crippen LogP contribution in [0.15, 0.2) is 34.0 Å². The van der Waals surface area contributed by atoms with Gasteiger partial charge >= 0.3 is 10.2 Å². The molecule has 0 saturated heterocycles. The Kier molecular flexibility index (Phi) is 3.95. The van der Waals surface area contributed by atoms with Crippen LogP contribution in [0.5, 0.6) is 0 Å². The van der Waals surface area contributed by atoms with Crippen LogP contribution < -0.4 is 5.56 Å². The SMILES string of the molecule is Cc1nc2c(c(C(F)F)nn2C(C)c2ccc(S(F)(F)(F)(F)F)cc2)c(=O)[nH]1. The molecular weight excluding hydrogens is 417 g/mol. The van der Waals surface area contributed by atoms with E-state index in [2.05, 4.69) is 15.1 Å². The second-order valence-corrected chi connectivity index (χ2v) is 8.60. The van der Waals surface area contributed by atoms with Crippen LogP contribution in [-0.4, -0.2) is 19.7 Å². The molecule has 0 saturated carbocycles. The van der Waals surface area contributed by atoms with Crippen molar-refractivity contribution in [2.24, 2.45) is 0 Å². The topological polar surface area (TPSA) is 63.6 Å². The van der Waals surface area contributed by atoms with Gasteiger partial charge in [0.15, 0.2) is 5.65 Å². The number of rotatable bonds is 4. The van der Waals surface area contributed by atoms with Crippen LogP contribution in [0.25, 0.3) is 11.0 Å². The Balaban J connectivity index is 2.15. The molecule has 2 heterocycles. The number of nitrogens with one attached hydrogen (secondary N) is 1. The largest absolute Gasteiger partial charge is 0.310 e. The lowest BCUT2D eigenvalue weighted by atomic mass is 10.1. The van der Waals surface area contributed by atoms with Gasteiger partial charge < -0.3 is 4.98 Å². The number of aromatic amines is 1. The van der Waals surface area contributed by atoms with E-state index in [0.717, 1.165) is 16.8 Å². The van der Waals surface area contributed by atoms with Crippen LogP contribution in [0.3, 0.4) is 0 Å². The summed E-state index contributed by atoms with van der Waals surface area (Å²) in [6.07, 6.45) is -3.10. The first-order valence-corrected chi connectivity index (χ1v) is 9.65. The Hall–Kier alpha value is -2.57. The van der Waals surface area contributed by atoms with Gasteiger partial charge in [-0.1, -0.05) is 31.6 Å². The minimum atomic E-state index is -9.83. The van der Waals surface area contributed by atoms with Gasteiger partial charge in [0, 0.05) is 0 Å². The van der Waals surface area contributed by atoms with Crippen LogP contribution in [0.1, 0.15) is 36.5 Å². The highest BCUT2D eigenvalue weighted by Crippen LogP contribution is 3.02. The first-order valence-electron chi connectivity index (χ1n) is 7.69. The molecule has 1 N–H and O–H groups in total. The molecule has 13 heteroatoms. The maximum Gasteiger partial charge on any atom is 0.310 e. The van der Waals surface area contributed by atoms with E-state index in [1.807, 2.05) is 0 Å². The molecule has 0 bridgehead atoms. The molecule has 0 aliphatic heterocycles. The monoisotopic (exact) mass is 430 g/mol. The summed E-state index contributed by atoms with van der Waals surface area (Å²) in [6.45, 7) is 2.81. The van der Waals surface area contributed by atoms with Crippen molar-refractivity contribution >= 4 is 21.3 Å². The van der Waals surface area contributed by atoms with Gasteiger partial charge in [0.25, 0.3) is 12.0 Å². The lowest BCUT2D eigenvalue weighted by Gasteiger charge is -2.40. The van der Waals surface area contributed by atoms with Crippen molar-refractivity contribution in [1.29, 1.82) is 0 Å². The number of halogens is 7. The summed E-state index contributed by atoms with van der Waals surface area (Å²) in [5.41, 5.74) is -1.79. The fourth-order valence-corrected chi connectivity index (χ4v) is 3.40. The maximum absolute atomic E-state index is 13.3. The van der Waals surface area contributed by atoms with E-state index in [9.17, 15) is 33.0 Å². The highest BCUT2D eigenvalue weighted by Gasteiger charge is 2.65. The molecule has 0 amide bonds. The van der Waals surface area contributed by atoms with Crippen molar-refractivity contribution in [3.05, 3.63) is 51.7 Å². The molecule has 0 spiro atoms. The van der Waals surface area contributed by atoms with E-state index in [1.165, 1.54) is 13.8 Å². The third kappa shape index (κ3) is 3.57. The number of benzene rings is 1. The lowest BCUT2D eigenvalue weighted by molar-refractivity contribution is 0.146. The Morgan fingerprint density at radius 1 is 1.07 bits per heavy atom. The third-order valence-corrected chi connectivity index (χ3v) is 5.25. The number of H-pyrrole nitrogens is 1. The number of aryl methyl sites for hydroxylation is 1. The summed E-state index contributed by atoms with van der Waals surface area (Å²) in [6, 6.07) is 1.08. The molecule has 1 aromatic carbocycles. The molecule has 3 aromatic rings. The highest BCUT2D eigenvalue weighted by molar-refractivity contribution is 8.45. The number of nitrogens with zero attached hydrogens (tertiary/aromatic N) is 3. The predicted molar refractivity (Wildman–Crippen MR) is 89.5 cm³/mol. The summed E-state index contributed by atoms with van der Waals surface area (Å²) >= 11 is 0. The van der Waals surface area contributed by atoms with Crippen molar-refractivity contribution in [3.63, 3.8) is 0 Å². The van der Waals surface area contributed by atoms with Gasteiger partial charge in [-0.15, -0.1) is 0 Å². The molecule has 154 valence electrons. The van der Waals surface area contributed by atoms with Gasteiger partial charge in [-0.2, -0.15) is 5.10 Å². The zero-order chi connectivity index (χ0) is 21.1. The summed E-state index contributed by atoms with van der Waals surface area (Å²) in [5, 5.41) is 3.24. The van der Waals surface area contributed by atoms with Gasteiger partial charge in [0.05, 0.1) is 6.04 Å². The molecule has 0 aliphatic carbocycles. The number of aromatic nitrogens is 4. The number of hydrogen-bond acceptors (Lipinski definition) is 3. The van der Waals surface area contributed by atoms with Gasteiger partial charge in [-0.3, -0.25) is 4.79 Å². The standard InChI is InChI=1S/C15H13F7N4OS/c1-7(9-3-5-10(6-4-9)28(18,19,20,21)22)26-14-11(12(25-26)13(16)17)15(27)24-8(2)23-14/h3-7,13H,1-2H3,(H,23,24,27). The maximum atomic E-state index is 13.3. The Bertz CT molecular complexity index is 1120. The quantitative estimate of drug-likeness (QED) is 0.546. The van der Waals surface area contributed by atoms with Gasteiger partial charge in [-0.25, -0.2) is 18.4 Å². The fourth-order valence-electron chi connectivity index (χ4n) is 2.75. The van der Waals surface area contributed by atoms with Crippen molar-refractivity contribution < 1.29 is 28.2 Å². The summed E-state index contributed by atoms with van der Waals surface area (Å²) < 4.78 is 91.7. The normalized spacial score (nSPS) is 16.2. The van der Waals surface area contributed by atoms with Crippen LogP contribution in [0, 0.1) is 6.92 Å². The van der Waals surface area contributed by atoms with Crippen LogP contribution >= 0.6 is 10.2 Å². The van der Waals surface area contributed by atoms with E-state index in [1.54, 1.807) is 0 Å². The van der Waals surface area contributed by atoms with Gasteiger partial charge in [-0.05, 0) is 31.5 Å². The van der Waals surface area contributed by atoms with Crippen LogP contribution in [-0.2, 0) is 0 Å². The van der Waals surface area contributed by atoms with E-state index in [4.69, 9.17) is 0 Å². The van der Waals surface area contributed by atoms with Crippen molar-refractivity contribution in [1.82, 2.24) is 19.7 Å². The second-order valence-electron chi connectivity index (χ2n) is 6.19. The molecule has 5 nitrogen and oxygen atoms in total. The van der Waals surface area contributed by atoms with E-state index >= 15 is 0 Å². The van der Waals surface area contributed by atoms with Crippen molar-refractivity contribution in [2.45, 2.75) is 31.2 Å². The summed E-state index contributed by atoms with van der Waals surface area (Å²) in [5.74, 6) is 0.114. The first kappa shape index (κ1) is 20.2. The van der Waals surface area contributed by atoms with Gasteiger partial charge in [0.2, 0.25) is 0 Å². The zero-order valence-electron chi connectivity index (χ0n) is 14.3. The molecule has 0 aliphatic rings. The van der Waals surface area contributed by atoms with Gasteiger partial charge in [0.1, 0.15) is 21.8 Å². The summed E-state index contributed by atoms with van der Waals surface area (Å²) in [4.78, 5) is 16.2. The highest BCUT2D eigenvalue weighted by atomic mass is 32.5. The number of alkyl halides is 2. The molecule has 1 unspecified atom stereocenters. The van der Waals surface area contributed by atoms with Crippen molar-refractivity contribution in [3.8, 4) is 0 Å². The second kappa shape index (κ2) is 5.49. The molecular formula is C15H13F7N4OS. The molecule has 2 aromatic heterocycles. The average molecular weight is 430 g/mol. The average Bonchev–Trinajstić information content (AvgIpc) is 2.92. The van der Waals surface area contributed by atoms with E-state index < -0.39 is 44.2 Å². The third-order valence-electron chi connectivity index (χ3n) is 4.09. The minimum Gasteiger partial charge on any atom is -0.310 e.